The number of aliphatic imine (C=N–C) groups is 1. The Hall–Kier alpha value is -3.07. The normalized spacial score (nSPS) is 15.5. The van der Waals surface area contributed by atoms with Crippen molar-refractivity contribution >= 4 is 18.0 Å². The molecular weight excluding hydrogens is 270 g/mol. The maximum atomic E-state index is 11.7. The molecule has 1 aromatic carbocycles. The average molecular weight is 283 g/mol. The molecule has 21 heavy (non-hydrogen) atoms. The van der Waals surface area contributed by atoms with Crippen molar-refractivity contribution in [1.29, 1.82) is 5.26 Å². The third-order valence-corrected chi connectivity index (χ3v) is 2.75. The lowest BCUT2D eigenvalue weighted by molar-refractivity contribution is -0.138. The molecule has 1 aromatic rings. The van der Waals surface area contributed by atoms with E-state index in [-0.39, 0.29) is 23.6 Å². The first kappa shape index (κ1) is 14.3. The lowest BCUT2D eigenvalue weighted by atomic mass is 10.1. The summed E-state index contributed by atoms with van der Waals surface area (Å²) in [4.78, 5) is 15.8. The summed E-state index contributed by atoms with van der Waals surface area (Å²) in [6, 6.07) is 8.50. The summed E-state index contributed by atoms with van der Waals surface area (Å²) in [6.07, 6.45) is 2.87. The van der Waals surface area contributed by atoms with E-state index in [0.29, 0.717) is 11.3 Å². The van der Waals surface area contributed by atoms with Gasteiger partial charge in [0.1, 0.15) is 11.8 Å². The molecule has 0 atom stereocenters. The van der Waals surface area contributed by atoms with Crippen LogP contribution >= 0.6 is 0 Å². The van der Waals surface area contributed by atoms with Gasteiger partial charge in [-0.15, -0.1) is 0 Å². The second kappa shape index (κ2) is 6.39. The van der Waals surface area contributed by atoms with E-state index < -0.39 is 5.97 Å². The van der Waals surface area contributed by atoms with E-state index in [9.17, 15) is 9.90 Å². The van der Waals surface area contributed by atoms with Gasteiger partial charge in [-0.3, -0.25) is 0 Å². The molecule has 0 fully saturated rings. The van der Waals surface area contributed by atoms with Crippen LogP contribution < -0.4 is 5.32 Å². The summed E-state index contributed by atoms with van der Waals surface area (Å²) < 4.78 is 4.83. The number of phenolic OH excluding ortho intramolecular Hbond substituents is 1. The Morgan fingerprint density at radius 2 is 2.24 bits per heavy atom. The average Bonchev–Trinajstić information content (AvgIpc) is 2.49. The smallest absolute Gasteiger partial charge is 0.351 e. The first-order valence-corrected chi connectivity index (χ1v) is 6.28. The fourth-order valence-electron chi connectivity index (χ4n) is 1.79. The fourth-order valence-corrected chi connectivity index (χ4v) is 1.79. The number of nitriles is 1. The number of allylic oxidation sites excluding steroid dienone is 1. The minimum Gasteiger partial charge on any atom is -0.507 e. The monoisotopic (exact) mass is 283 g/mol. The Morgan fingerprint density at radius 3 is 2.90 bits per heavy atom. The van der Waals surface area contributed by atoms with Crippen molar-refractivity contribution in [2.24, 2.45) is 4.99 Å². The summed E-state index contributed by atoms with van der Waals surface area (Å²) in [5.74, 6) is -0.637. The molecule has 0 bridgehead atoms. The van der Waals surface area contributed by atoms with Crippen LogP contribution in [0.2, 0.25) is 0 Å². The van der Waals surface area contributed by atoms with E-state index in [0.717, 1.165) is 0 Å². The van der Waals surface area contributed by atoms with E-state index in [1.807, 2.05) is 6.07 Å². The zero-order chi connectivity index (χ0) is 15.2. The molecular formula is C15H13N3O3. The second-order valence-corrected chi connectivity index (χ2v) is 4.07. The molecule has 0 aromatic heterocycles. The Kier molecular flexibility index (Phi) is 4.36. The number of hydrogen-bond acceptors (Lipinski definition) is 6. The predicted molar refractivity (Wildman–Crippen MR) is 77.0 cm³/mol. The van der Waals surface area contributed by atoms with Gasteiger partial charge in [-0.25, -0.2) is 9.79 Å². The van der Waals surface area contributed by atoms with Gasteiger partial charge < -0.3 is 15.2 Å². The van der Waals surface area contributed by atoms with Gasteiger partial charge in [0.2, 0.25) is 0 Å². The number of nitrogens with one attached hydrogen (secondary N) is 1. The number of aromatic hydroxyl groups is 1. The number of hydrogen-bond donors (Lipinski definition) is 2. The number of para-hydroxylation sites is 1. The van der Waals surface area contributed by atoms with Gasteiger partial charge in [-0.2, -0.15) is 5.26 Å². The van der Waals surface area contributed by atoms with Crippen LogP contribution in [0.4, 0.5) is 0 Å². The first-order valence-electron chi connectivity index (χ1n) is 6.28. The minimum atomic E-state index is -0.703. The second-order valence-electron chi connectivity index (χ2n) is 4.07. The van der Waals surface area contributed by atoms with E-state index in [4.69, 9.17) is 10.00 Å². The van der Waals surface area contributed by atoms with Crippen molar-refractivity contribution < 1.29 is 14.6 Å². The van der Waals surface area contributed by atoms with Crippen molar-refractivity contribution in [2.45, 2.75) is 6.92 Å². The molecule has 1 aliphatic rings. The van der Waals surface area contributed by atoms with Gasteiger partial charge >= 0.3 is 5.97 Å². The fraction of sp³-hybridized carbons (Fsp3) is 0.133. The molecule has 6 heteroatoms. The van der Waals surface area contributed by atoms with Crippen molar-refractivity contribution in [2.75, 3.05) is 6.61 Å². The minimum absolute atomic E-state index is 0.0665. The zero-order valence-corrected chi connectivity index (χ0v) is 11.3. The number of carbonyl (C=O) groups excluding carboxylic acids is 1. The lowest BCUT2D eigenvalue weighted by Crippen LogP contribution is -2.19. The number of benzene rings is 1. The quantitative estimate of drug-likeness (QED) is 0.500. The zero-order valence-electron chi connectivity index (χ0n) is 11.3. The third-order valence-electron chi connectivity index (χ3n) is 2.75. The predicted octanol–water partition coefficient (Wildman–Crippen LogP) is 1.71. The summed E-state index contributed by atoms with van der Waals surface area (Å²) in [6.45, 7) is 1.85. The molecule has 0 spiro atoms. The molecule has 0 saturated carbocycles. The highest BCUT2D eigenvalue weighted by Gasteiger charge is 2.18. The Labute approximate surface area is 121 Å². The number of nitrogens with zero attached hydrogens (tertiary/aromatic N) is 2. The SMILES string of the molecule is CCOC(=O)/C(C#N)=C1\C=C(c2ccccc2O)N=CN1. The number of phenols is 1. The van der Waals surface area contributed by atoms with Gasteiger partial charge in [0.05, 0.1) is 24.3 Å². The van der Waals surface area contributed by atoms with Gasteiger partial charge in [-0.05, 0) is 25.1 Å². The van der Waals surface area contributed by atoms with E-state index in [1.165, 1.54) is 18.5 Å². The highest BCUT2D eigenvalue weighted by molar-refractivity contribution is 5.96. The molecule has 106 valence electrons. The van der Waals surface area contributed by atoms with Gasteiger partial charge in [0.15, 0.2) is 5.57 Å². The molecule has 0 aliphatic carbocycles. The largest absolute Gasteiger partial charge is 0.507 e. The molecule has 0 radical (unpaired) electrons. The van der Waals surface area contributed by atoms with Crippen LogP contribution in [-0.2, 0) is 9.53 Å². The standard InChI is InChI=1S/C15H13N3O3/c1-2-21-15(20)11(8-16)13-7-12(17-9-18-13)10-5-3-4-6-14(10)19/h3-7,9,19H,2H2,1H3,(H,17,18)/b13-11+. The van der Waals surface area contributed by atoms with Gasteiger partial charge in [0, 0.05) is 5.56 Å². The number of carbonyl (C=O) groups is 1. The maximum absolute atomic E-state index is 11.7. The van der Waals surface area contributed by atoms with Crippen molar-refractivity contribution in [3.63, 3.8) is 0 Å². The van der Waals surface area contributed by atoms with Crippen LogP contribution in [0.3, 0.4) is 0 Å². The van der Waals surface area contributed by atoms with Crippen LogP contribution in [-0.4, -0.2) is 24.0 Å². The molecule has 2 rings (SSSR count). The topological polar surface area (TPSA) is 94.7 Å². The van der Waals surface area contributed by atoms with Crippen molar-refractivity contribution in [1.82, 2.24) is 5.32 Å². The van der Waals surface area contributed by atoms with Crippen LogP contribution in [0.1, 0.15) is 12.5 Å². The lowest BCUT2D eigenvalue weighted by Gasteiger charge is -2.13. The Morgan fingerprint density at radius 1 is 1.48 bits per heavy atom. The first-order chi connectivity index (χ1) is 10.2. The molecule has 2 N–H and O–H groups in total. The van der Waals surface area contributed by atoms with E-state index >= 15 is 0 Å². The van der Waals surface area contributed by atoms with Crippen molar-refractivity contribution in [3.05, 3.63) is 47.2 Å². The number of rotatable bonds is 3. The molecule has 0 saturated heterocycles. The molecule has 0 amide bonds. The maximum Gasteiger partial charge on any atom is 0.351 e. The summed E-state index contributed by atoms with van der Waals surface area (Å²) >= 11 is 0. The molecule has 6 nitrogen and oxygen atoms in total. The van der Waals surface area contributed by atoms with Crippen LogP contribution in [0.5, 0.6) is 5.75 Å². The van der Waals surface area contributed by atoms with E-state index in [1.54, 1.807) is 25.1 Å². The highest BCUT2D eigenvalue weighted by Crippen LogP contribution is 2.27. The van der Waals surface area contributed by atoms with Crippen LogP contribution in [0, 0.1) is 11.3 Å². The Bertz CT molecular complexity index is 696. The van der Waals surface area contributed by atoms with Gasteiger partial charge in [0.25, 0.3) is 0 Å². The summed E-state index contributed by atoms with van der Waals surface area (Å²) in [7, 11) is 0. The van der Waals surface area contributed by atoms with E-state index in [2.05, 4.69) is 10.3 Å². The molecule has 1 aliphatic heterocycles. The third kappa shape index (κ3) is 3.09. The van der Waals surface area contributed by atoms with Crippen LogP contribution in [0.15, 0.2) is 46.6 Å². The summed E-state index contributed by atoms with van der Waals surface area (Å²) in [5.41, 5.74) is 1.09. The van der Waals surface area contributed by atoms with Gasteiger partial charge in [-0.1, -0.05) is 12.1 Å². The summed E-state index contributed by atoms with van der Waals surface area (Å²) in [5, 5.41) is 21.7. The van der Waals surface area contributed by atoms with Crippen LogP contribution in [0.25, 0.3) is 5.70 Å². The van der Waals surface area contributed by atoms with Crippen molar-refractivity contribution in [3.8, 4) is 11.8 Å². The highest BCUT2D eigenvalue weighted by atomic mass is 16.5. The number of esters is 1. The molecule has 0 unspecified atom stereocenters. The number of ether oxygens (including phenoxy) is 1. The Balaban J connectivity index is 2.45. The molecule has 1 heterocycles.